The lowest BCUT2D eigenvalue weighted by atomic mass is 9.70. The molecule has 0 bridgehead atoms. The standard InChI is InChI=1S/C13H20N2/c1-3-14-8-11-4-5-13(11)12-6-10(2)7-15-9-12/h6-7,9,11,13-14H,3-5,8H2,1-2H3. The summed E-state index contributed by atoms with van der Waals surface area (Å²) in [5, 5.41) is 3.44. The molecular weight excluding hydrogens is 184 g/mol. The van der Waals surface area contributed by atoms with E-state index in [0.717, 1.165) is 24.9 Å². The molecule has 15 heavy (non-hydrogen) atoms. The largest absolute Gasteiger partial charge is 0.317 e. The lowest BCUT2D eigenvalue weighted by Gasteiger charge is -2.37. The molecule has 1 aromatic heterocycles. The summed E-state index contributed by atoms with van der Waals surface area (Å²) in [4.78, 5) is 4.28. The van der Waals surface area contributed by atoms with E-state index in [-0.39, 0.29) is 0 Å². The van der Waals surface area contributed by atoms with Crippen molar-refractivity contribution in [2.24, 2.45) is 5.92 Å². The van der Waals surface area contributed by atoms with Crippen molar-refractivity contribution in [3.05, 3.63) is 29.6 Å². The monoisotopic (exact) mass is 204 g/mol. The minimum absolute atomic E-state index is 0.747. The van der Waals surface area contributed by atoms with Crippen LogP contribution in [0.2, 0.25) is 0 Å². The predicted molar refractivity (Wildman–Crippen MR) is 63.0 cm³/mol. The maximum atomic E-state index is 4.28. The van der Waals surface area contributed by atoms with E-state index >= 15 is 0 Å². The van der Waals surface area contributed by atoms with Gasteiger partial charge in [0.05, 0.1) is 0 Å². The molecule has 2 rings (SSSR count). The molecule has 1 aliphatic rings. The van der Waals surface area contributed by atoms with Crippen molar-refractivity contribution in [3.63, 3.8) is 0 Å². The summed E-state index contributed by atoms with van der Waals surface area (Å²) < 4.78 is 0. The second-order valence-electron chi connectivity index (χ2n) is 4.55. The van der Waals surface area contributed by atoms with Crippen molar-refractivity contribution < 1.29 is 0 Å². The number of pyridine rings is 1. The lowest BCUT2D eigenvalue weighted by molar-refractivity contribution is 0.247. The molecule has 1 fully saturated rings. The van der Waals surface area contributed by atoms with Crippen molar-refractivity contribution >= 4 is 0 Å². The number of nitrogens with zero attached hydrogens (tertiary/aromatic N) is 1. The first-order chi connectivity index (χ1) is 7.31. The van der Waals surface area contributed by atoms with E-state index in [1.165, 1.54) is 24.0 Å². The Morgan fingerprint density at radius 2 is 2.27 bits per heavy atom. The van der Waals surface area contributed by atoms with Crippen LogP contribution in [0.15, 0.2) is 18.5 Å². The molecule has 1 saturated carbocycles. The average molecular weight is 204 g/mol. The van der Waals surface area contributed by atoms with Gasteiger partial charge in [-0.2, -0.15) is 0 Å². The van der Waals surface area contributed by atoms with E-state index in [2.05, 4.69) is 30.2 Å². The number of aromatic nitrogens is 1. The van der Waals surface area contributed by atoms with Gasteiger partial charge in [0.1, 0.15) is 0 Å². The van der Waals surface area contributed by atoms with Crippen LogP contribution >= 0.6 is 0 Å². The third-order valence-electron chi connectivity index (χ3n) is 3.40. The van der Waals surface area contributed by atoms with Crippen LogP contribution in [0.3, 0.4) is 0 Å². The Morgan fingerprint density at radius 1 is 1.40 bits per heavy atom. The molecule has 2 unspecified atom stereocenters. The Morgan fingerprint density at radius 3 is 2.87 bits per heavy atom. The third kappa shape index (κ3) is 2.37. The lowest BCUT2D eigenvalue weighted by Crippen LogP contribution is -2.33. The van der Waals surface area contributed by atoms with Gasteiger partial charge >= 0.3 is 0 Å². The molecule has 1 aliphatic carbocycles. The van der Waals surface area contributed by atoms with Crippen LogP contribution in [0.1, 0.15) is 36.8 Å². The molecule has 0 radical (unpaired) electrons. The number of hydrogen-bond acceptors (Lipinski definition) is 2. The summed E-state index contributed by atoms with van der Waals surface area (Å²) >= 11 is 0. The third-order valence-corrected chi connectivity index (χ3v) is 3.40. The Labute approximate surface area is 92.1 Å². The molecule has 1 aromatic rings. The number of hydrogen-bond donors (Lipinski definition) is 1. The fourth-order valence-electron chi connectivity index (χ4n) is 2.36. The molecule has 0 saturated heterocycles. The number of nitrogens with one attached hydrogen (secondary N) is 1. The summed E-state index contributed by atoms with van der Waals surface area (Å²) in [5.74, 6) is 1.57. The van der Waals surface area contributed by atoms with Crippen LogP contribution in [0, 0.1) is 12.8 Å². The van der Waals surface area contributed by atoms with E-state index in [9.17, 15) is 0 Å². The van der Waals surface area contributed by atoms with Gasteiger partial charge in [-0.1, -0.05) is 13.0 Å². The van der Waals surface area contributed by atoms with Crippen molar-refractivity contribution in [1.82, 2.24) is 10.3 Å². The van der Waals surface area contributed by atoms with Crippen LogP contribution in [0.25, 0.3) is 0 Å². The summed E-state index contributed by atoms with van der Waals surface area (Å²) in [6.45, 7) is 6.53. The summed E-state index contributed by atoms with van der Waals surface area (Å²) in [6, 6.07) is 2.29. The molecule has 0 amide bonds. The van der Waals surface area contributed by atoms with E-state index in [4.69, 9.17) is 0 Å². The van der Waals surface area contributed by atoms with Crippen molar-refractivity contribution in [3.8, 4) is 0 Å². The predicted octanol–water partition coefficient (Wildman–Crippen LogP) is 2.49. The zero-order chi connectivity index (χ0) is 10.7. The molecule has 2 atom stereocenters. The highest BCUT2D eigenvalue weighted by Gasteiger charge is 2.31. The van der Waals surface area contributed by atoms with Crippen molar-refractivity contribution in [2.75, 3.05) is 13.1 Å². The molecule has 1 heterocycles. The smallest absolute Gasteiger partial charge is 0.0303 e. The molecule has 82 valence electrons. The fourth-order valence-corrected chi connectivity index (χ4v) is 2.36. The Bertz CT molecular complexity index is 322. The van der Waals surface area contributed by atoms with Gasteiger partial charge in [0, 0.05) is 12.4 Å². The van der Waals surface area contributed by atoms with Crippen LogP contribution in [-0.2, 0) is 0 Å². The quantitative estimate of drug-likeness (QED) is 0.815. The first-order valence-corrected chi connectivity index (χ1v) is 5.93. The highest BCUT2D eigenvalue weighted by atomic mass is 14.9. The van der Waals surface area contributed by atoms with Crippen LogP contribution < -0.4 is 5.32 Å². The van der Waals surface area contributed by atoms with Crippen LogP contribution in [-0.4, -0.2) is 18.1 Å². The molecule has 2 nitrogen and oxygen atoms in total. The first-order valence-electron chi connectivity index (χ1n) is 5.93. The van der Waals surface area contributed by atoms with E-state index in [0.29, 0.717) is 0 Å². The van der Waals surface area contributed by atoms with Gasteiger partial charge < -0.3 is 5.32 Å². The molecule has 0 aromatic carbocycles. The Balaban J connectivity index is 1.99. The highest BCUT2D eigenvalue weighted by molar-refractivity contribution is 5.23. The van der Waals surface area contributed by atoms with Crippen molar-refractivity contribution in [1.29, 1.82) is 0 Å². The average Bonchev–Trinajstić information content (AvgIpc) is 2.17. The maximum Gasteiger partial charge on any atom is 0.0303 e. The van der Waals surface area contributed by atoms with Gasteiger partial charge in [0.15, 0.2) is 0 Å². The minimum Gasteiger partial charge on any atom is -0.317 e. The first kappa shape index (κ1) is 10.6. The molecular formula is C13H20N2. The molecule has 0 spiro atoms. The van der Waals surface area contributed by atoms with Gasteiger partial charge in [-0.15, -0.1) is 0 Å². The zero-order valence-corrected chi connectivity index (χ0v) is 9.66. The Kier molecular flexibility index (Phi) is 3.37. The van der Waals surface area contributed by atoms with Crippen molar-refractivity contribution in [2.45, 2.75) is 32.6 Å². The van der Waals surface area contributed by atoms with Gasteiger partial charge in [-0.05, 0) is 55.8 Å². The topological polar surface area (TPSA) is 24.9 Å². The zero-order valence-electron chi connectivity index (χ0n) is 9.66. The SMILES string of the molecule is CCNCC1CCC1c1cncc(C)c1. The summed E-state index contributed by atoms with van der Waals surface area (Å²) in [7, 11) is 0. The molecule has 0 aliphatic heterocycles. The van der Waals surface area contributed by atoms with Gasteiger partial charge in [-0.3, -0.25) is 4.98 Å². The number of rotatable bonds is 4. The van der Waals surface area contributed by atoms with Gasteiger partial charge in [-0.25, -0.2) is 0 Å². The van der Waals surface area contributed by atoms with Gasteiger partial charge in [0.2, 0.25) is 0 Å². The fraction of sp³-hybridized carbons (Fsp3) is 0.615. The second kappa shape index (κ2) is 4.75. The summed E-state index contributed by atoms with van der Waals surface area (Å²) in [6.07, 6.45) is 6.67. The maximum absolute atomic E-state index is 4.28. The second-order valence-corrected chi connectivity index (χ2v) is 4.55. The summed E-state index contributed by atoms with van der Waals surface area (Å²) in [5.41, 5.74) is 2.71. The van der Waals surface area contributed by atoms with E-state index in [1.807, 2.05) is 12.4 Å². The van der Waals surface area contributed by atoms with Crippen LogP contribution in [0.5, 0.6) is 0 Å². The highest BCUT2D eigenvalue weighted by Crippen LogP contribution is 2.41. The molecule has 2 heteroatoms. The van der Waals surface area contributed by atoms with E-state index < -0.39 is 0 Å². The van der Waals surface area contributed by atoms with Gasteiger partial charge in [0.25, 0.3) is 0 Å². The molecule has 1 N–H and O–H groups in total. The minimum atomic E-state index is 0.747. The Hall–Kier alpha value is -0.890. The van der Waals surface area contributed by atoms with Crippen LogP contribution in [0.4, 0.5) is 0 Å². The normalized spacial score (nSPS) is 24.9. The number of aryl methyl sites for hydroxylation is 1. The van der Waals surface area contributed by atoms with E-state index in [1.54, 1.807) is 0 Å².